The summed E-state index contributed by atoms with van der Waals surface area (Å²) in [4.78, 5) is 0. The third-order valence-electron chi connectivity index (χ3n) is 3.32. The van der Waals surface area contributed by atoms with Crippen molar-refractivity contribution in [1.29, 1.82) is 0 Å². The van der Waals surface area contributed by atoms with Gasteiger partial charge in [-0.05, 0) is 25.5 Å². The Morgan fingerprint density at radius 1 is 1.44 bits per heavy atom. The van der Waals surface area contributed by atoms with E-state index < -0.39 is 0 Å². The topological polar surface area (TPSA) is 44.5 Å². The van der Waals surface area contributed by atoms with Gasteiger partial charge in [-0.15, -0.1) is 0 Å². The van der Waals surface area contributed by atoms with Crippen molar-refractivity contribution in [3.05, 3.63) is 30.3 Å². The fourth-order valence-electron chi connectivity index (χ4n) is 2.00. The van der Waals surface area contributed by atoms with Gasteiger partial charge < -0.3 is 15.2 Å². The van der Waals surface area contributed by atoms with E-state index >= 15 is 0 Å². The summed E-state index contributed by atoms with van der Waals surface area (Å²) in [7, 11) is 0. The number of para-hydroxylation sites is 1. The minimum Gasteiger partial charge on any atom is -0.494 e. The van der Waals surface area contributed by atoms with Crippen molar-refractivity contribution < 1.29 is 9.47 Å². The Morgan fingerprint density at radius 3 is 2.81 bits per heavy atom. The van der Waals surface area contributed by atoms with Crippen molar-refractivity contribution in [2.75, 3.05) is 13.2 Å². The van der Waals surface area contributed by atoms with Crippen molar-refractivity contribution >= 4 is 0 Å². The summed E-state index contributed by atoms with van der Waals surface area (Å²) in [6.07, 6.45) is 1.89. The minimum absolute atomic E-state index is 0.131. The number of ether oxygens (including phenoxy) is 2. The van der Waals surface area contributed by atoms with Crippen LogP contribution in [0.4, 0.5) is 0 Å². The third kappa shape index (κ3) is 2.54. The maximum atomic E-state index is 6.26. The van der Waals surface area contributed by atoms with Gasteiger partial charge in [0.25, 0.3) is 0 Å². The molecule has 1 fully saturated rings. The summed E-state index contributed by atoms with van der Waals surface area (Å²) < 4.78 is 11.1. The molecule has 0 saturated carbocycles. The summed E-state index contributed by atoms with van der Waals surface area (Å²) in [5.74, 6) is 0.901. The molecule has 0 amide bonds. The fourth-order valence-corrected chi connectivity index (χ4v) is 2.00. The summed E-state index contributed by atoms with van der Waals surface area (Å²) >= 11 is 0. The second-order valence-electron chi connectivity index (χ2n) is 4.41. The molecule has 1 aromatic rings. The van der Waals surface area contributed by atoms with E-state index in [4.69, 9.17) is 15.2 Å². The van der Waals surface area contributed by atoms with E-state index in [1.54, 1.807) is 0 Å². The Kier molecular flexibility index (Phi) is 3.46. The zero-order valence-corrected chi connectivity index (χ0v) is 9.69. The van der Waals surface area contributed by atoms with Gasteiger partial charge in [0.1, 0.15) is 5.75 Å². The molecule has 1 aliphatic rings. The normalized spacial score (nSPS) is 29.2. The largest absolute Gasteiger partial charge is 0.494 e. The molecule has 3 nitrogen and oxygen atoms in total. The van der Waals surface area contributed by atoms with Crippen LogP contribution in [0.2, 0.25) is 0 Å². The quantitative estimate of drug-likeness (QED) is 0.845. The maximum absolute atomic E-state index is 6.26. The van der Waals surface area contributed by atoms with Gasteiger partial charge in [-0.3, -0.25) is 0 Å². The predicted molar refractivity (Wildman–Crippen MR) is 63.5 cm³/mol. The van der Waals surface area contributed by atoms with Crippen LogP contribution < -0.4 is 10.5 Å². The second-order valence-corrected chi connectivity index (χ2v) is 4.41. The Labute approximate surface area is 96.5 Å². The van der Waals surface area contributed by atoms with E-state index in [1.807, 2.05) is 37.3 Å². The number of benzene rings is 1. The van der Waals surface area contributed by atoms with E-state index in [0.717, 1.165) is 25.2 Å². The SMILES string of the molecule is CC1OCCC1(N)CCOc1ccccc1. The molecule has 16 heavy (non-hydrogen) atoms. The number of hydrogen-bond acceptors (Lipinski definition) is 3. The lowest BCUT2D eigenvalue weighted by atomic mass is 9.90. The zero-order valence-electron chi connectivity index (χ0n) is 9.69. The van der Waals surface area contributed by atoms with Crippen LogP contribution in [-0.2, 0) is 4.74 Å². The first kappa shape index (κ1) is 11.4. The molecule has 2 N–H and O–H groups in total. The first-order valence-corrected chi connectivity index (χ1v) is 5.79. The molecular weight excluding hydrogens is 202 g/mol. The summed E-state index contributed by atoms with van der Waals surface area (Å²) in [5, 5.41) is 0. The van der Waals surface area contributed by atoms with Crippen molar-refractivity contribution in [2.45, 2.75) is 31.4 Å². The monoisotopic (exact) mass is 221 g/mol. The van der Waals surface area contributed by atoms with Gasteiger partial charge in [0, 0.05) is 18.6 Å². The maximum Gasteiger partial charge on any atom is 0.119 e. The molecule has 1 aliphatic heterocycles. The third-order valence-corrected chi connectivity index (χ3v) is 3.32. The van der Waals surface area contributed by atoms with E-state index in [2.05, 4.69) is 0 Å². The van der Waals surface area contributed by atoms with Crippen LogP contribution in [0.25, 0.3) is 0 Å². The molecule has 3 heteroatoms. The minimum atomic E-state index is -0.214. The highest BCUT2D eigenvalue weighted by atomic mass is 16.5. The van der Waals surface area contributed by atoms with Crippen molar-refractivity contribution in [3.8, 4) is 5.75 Å². The fraction of sp³-hybridized carbons (Fsp3) is 0.538. The first-order chi connectivity index (χ1) is 7.71. The molecule has 0 spiro atoms. The van der Waals surface area contributed by atoms with Crippen LogP contribution in [0.5, 0.6) is 5.75 Å². The van der Waals surface area contributed by atoms with Crippen LogP contribution in [0.3, 0.4) is 0 Å². The van der Waals surface area contributed by atoms with Crippen LogP contribution in [0.15, 0.2) is 30.3 Å². The van der Waals surface area contributed by atoms with E-state index in [9.17, 15) is 0 Å². The lowest BCUT2D eigenvalue weighted by Gasteiger charge is -2.27. The molecule has 88 valence electrons. The van der Waals surface area contributed by atoms with Gasteiger partial charge in [0.15, 0.2) is 0 Å². The number of hydrogen-bond donors (Lipinski definition) is 1. The smallest absolute Gasteiger partial charge is 0.119 e. The van der Waals surface area contributed by atoms with Gasteiger partial charge in [0.2, 0.25) is 0 Å². The van der Waals surface area contributed by atoms with E-state index in [0.29, 0.717) is 6.61 Å². The van der Waals surface area contributed by atoms with E-state index in [1.165, 1.54) is 0 Å². The Bertz CT molecular complexity index is 328. The predicted octanol–water partition coefficient (Wildman–Crippen LogP) is 1.96. The molecule has 1 aromatic carbocycles. The molecule has 1 heterocycles. The highest BCUT2D eigenvalue weighted by molar-refractivity contribution is 5.20. The standard InChI is InChI=1S/C13H19NO2/c1-11-13(14,7-9-15-11)8-10-16-12-5-3-2-4-6-12/h2-6,11H,7-10,14H2,1H3. The number of rotatable bonds is 4. The van der Waals surface area contributed by atoms with Gasteiger partial charge in [-0.2, -0.15) is 0 Å². The van der Waals surface area contributed by atoms with Crippen LogP contribution in [-0.4, -0.2) is 24.9 Å². The molecule has 1 saturated heterocycles. The lowest BCUT2D eigenvalue weighted by Crippen LogP contribution is -2.47. The lowest BCUT2D eigenvalue weighted by molar-refractivity contribution is 0.0874. The van der Waals surface area contributed by atoms with E-state index in [-0.39, 0.29) is 11.6 Å². The average molecular weight is 221 g/mol. The Balaban J connectivity index is 1.80. The molecule has 0 aromatic heterocycles. The van der Waals surface area contributed by atoms with Gasteiger partial charge in [-0.1, -0.05) is 18.2 Å². The summed E-state index contributed by atoms with van der Waals surface area (Å²) in [5.41, 5.74) is 6.05. The molecule has 0 radical (unpaired) electrons. The van der Waals surface area contributed by atoms with Crippen LogP contribution >= 0.6 is 0 Å². The molecule has 2 unspecified atom stereocenters. The molecule has 2 rings (SSSR count). The molecule has 2 atom stereocenters. The summed E-state index contributed by atoms with van der Waals surface area (Å²) in [6, 6.07) is 9.82. The second kappa shape index (κ2) is 4.85. The Hall–Kier alpha value is -1.06. The van der Waals surface area contributed by atoms with Crippen LogP contribution in [0, 0.1) is 0 Å². The summed E-state index contributed by atoms with van der Waals surface area (Å²) in [6.45, 7) is 3.45. The molecule has 0 aliphatic carbocycles. The highest BCUT2D eigenvalue weighted by Gasteiger charge is 2.37. The first-order valence-electron chi connectivity index (χ1n) is 5.79. The highest BCUT2D eigenvalue weighted by Crippen LogP contribution is 2.26. The average Bonchev–Trinajstić information content (AvgIpc) is 2.61. The van der Waals surface area contributed by atoms with Gasteiger partial charge in [0.05, 0.1) is 12.7 Å². The number of nitrogens with two attached hydrogens (primary N) is 1. The van der Waals surface area contributed by atoms with Gasteiger partial charge >= 0.3 is 0 Å². The van der Waals surface area contributed by atoms with Crippen molar-refractivity contribution in [1.82, 2.24) is 0 Å². The van der Waals surface area contributed by atoms with Crippen molar-refractivity contribution in [2.24, 2.45) is 5.73 Å². The van der Waals surface area contributed by atoms with Crippen LogP contribution in [0.1, 0.15) is 19.8 Å². The Morgan fingerprint density at radius 2 is 2.19 bits per heavy atom. The molecule has 0 bridgehead atoms. The van der Waals surface area contributed by atoms with Crippen molar-refractivity contribution in [3.63, 3.8) is 0 Å². The zero-order chi connectivity index (χ0) is 11.4. The molecular formula is C13H19NO2. The van der Waals surface area contributed by atoms with Gasteiger partial charge in [-0.25, -0.2) is 0 Å².